The van der Waals surface area contributed by atoms with Crippen molar-refractivity contribution in [2.75, 3.05) is 0 Å². The molecule has 3 heteroatoms. The van der Waals surface area contributed by atoms with Gasteiger partial charge in [-0.15, -0.1) is 0 Å². The normalized spacial score (nSPS) is 23.3. The van der Waals surface area contributed by atoms with Crippen molar-refractivity contribution in [3.05, 3.63) is 0 Å². The summed E-state index contributed by atoms with van der Waals surface area (Å²) in [6.07, 6.45) is 0.704. The van der Waals surface area contributed by atoms with E-state index in [1.54, 1.807) is 0 Å². The van der Waals surface area contributed by atoms with Crippen LogP contribution < -0.4 is 0 Å². The summed E-state index contributed by atoms with van der Waals surface area (Å²) in [6.45, 7) is 7.76. The van der Waals surface area contributed by atoms with E-state index in [0.29, 0.717) is 12.1 Å². The Kier molecular flexibility index (Phi) is 2.22. The predicted molar refractivity (Wildman–Crippen MR) is 47.1 cm³/mol. The Morgan fingerprint density at radius 1 is 1.58 bits per heavy atom. The minimum Gasteiger partial charge on any atom is -0.391 e. The number of rotatable bonds is 1. The van der Waals surface area contributed by atoms with Gasteiger partial charge in [0, 0.05) is 18.8 Å². The second-order valence-electron chi connectivity index (χ2n) is 4.26. The van der Waals surface area contributed by atoms with Crippen LogP contribution in [-0.2, 0) is 9.63 Å². The third kappa shape index (κ3) is 1.84. The fourth-order valence-corrected chi connectivity index (χ4v) is 1.05. The second-order valence-corrected chi connectivity index (χ2v) is 4.26. The zero-order valence-corrected chi connectivity index (χ0v) is 8.05. The first-order chi connectivity index (χ1) is 5.41. The van der Waals surface area contributed by atoms with E-state index in [-0.39, 0.29) is 17.3 Å². The van der Waals surface area contributed by atoms with Crippen molar-refractivity contribution in [1.29, 1.82) is 0 Å². The molecule has 0 fully saturated rings. The first-order valence-corrected chi connectivity index (χ1v) is 4.15. The standard InChI is InChI=1S/C9H15NO2/c1-6(11)7-5-8(12-10-7)9(2,3)4/h8H,5H2,1-4H3. The monoisotopic (exact) mass is 169 g/mol. The fourth-order valence-electron chi connectivity index (χ4n) is 1.05. The van der Waals surface area contributed by atoms with E-state index in [0.717, 1.165) is 0 Å². The van der Waals surface area contributed by atoms with Crippen molar-refractivity contribution in [1.82, 2.24) is 0 Å². The maximum Gasteiger partial charge on any atom is 0.177 e. The van der Waals surface area contributed by atoms with Gasteiger partial charge >= 0.3 is 0 Å². The van der Waals surface area contributed by atoms with E-state index >= 15 is 0 Å². The summed E-state index contributed by atoms with van der Waals surface area (Å²) in [4.78, 5) is 16.1. The van der Waals surface area contributed by atoms with Gasteiger partial charge in [-0.3, -0.25) is 4.79 Å². The van der Waals surface area contributed by atoms with Crippen molar-refractivity contribution >= 4 is 11.5 Å². The first kappa shape index (κ1) is 9.23. The number of carbonyl (C=O) groups excluding carboxylic acids is 1. The molecule has 0 saturated carbocycles. The largest absolute Gasteiger partial charge is 0.391 e. The molecule has 0 aromatic carbocycles. The molecular weight excluding hydrogens is 154 g/mol. The van der Waals surface area contributed by atoms with Gasteiger partial charge in [0.15, 0.2) is 5.78 Å². The number of nitrogens with zero attached hydrogens (tertiary/aromatic N) is 1. The Morgan fingerprint density at radius 2 is 2.17 bits per heavy atom. The summed E-state index contributed by atoms with van der Waals surface area (Å²) in [5.41, 5.74) is 0.621. The van der Waals surface area contributed by atoms with Gasteiger partial charge in [0.25, 0.3) is 0 Å². The van der Waals surface area contributed by atoms with Crippen LogP contribution in [-0.4, -0.2) is 17.6 Å². The lowest BCUT2D eigenvalue weighted by Gasteiger charge is -2.23. The second kappa shape index (κ2) is 2.88. The number of oxime groups is 1. The summed E-state index contributed by atoms with van der Waals surface area (Å²) in [5.74, 6) is 0.0155. The van der Waals surface area contributed by atoms with Gasteiger partial charge in [-0.05, 0) is 0 Å². The quantitative estimate of drug-likeness (QED) is 0.600. The van der Waals surface area contributed by atoms with Crippen LogP contribution in [0.4, 0.5) is 0 Å². The van der Waals surface area contributed by atoms with Crippen LogP contribution >= 0.6 is 0 Å². The van der Waals surface area contributed by atoms with Crippen LogP contribution in [0.15, 0.2) is 5.16 Å². The third-order valence-electron chi connectivity index (χ3n) is 2.04. The lowest BCUT2D eigenvalue weighted by atomic mass is 9.86. The molecule has 1 rings (SSSR count). The van der Waals surface area contributed by atoms with Gasteiger partial charge in [0.2, 0.25) is 0 Å². The number of Topliss-reactive ketones (excluding diaryl/α,β-unsaturated/α-hetero) is 1. The Bertz CT molecular complexity index is 225. The molecule has 0 amide bonds. The van der Waals surface area contributed by atoms with Crippen molar-refractivity contribution < 1.29 is 9.63 Å². The van der Waals surface area contributed by atoms with E-state index < -0.39 is 0 Å². The van der Waals surface area contributed by atoms with Crippen LogP contribution in [0.2, 0.25) is 0 Å². The molecule has 1 aliphatic rings. The molecule has 3 nitrogen and oxygen atoms in total. The summed E-state index contributed by atoms with van der Waals surface area (Å²) in [6, 6.07) is 0. The van der Waals surface area contributed by atoms with Crippen molar-refractivity contribution in [3.63, 3.8) is 0 Å². The Hall–Kier alpha value is -0.860. The van der Waals surface area contributed by atoms with Gasteiger partial charge in [0.1, 0.15) is 11.8 Å². The highest BCUT2D eigenvalue weighted by molar-refractivity contribution is 6.39. The molecule has 0 bridgehead atoms. The van der Waals surface area contributed by atoms with E-state index in [9.17, 15) is 4.79 Å². The van der Waals surface area contributed by atoms with Gasteiger partial charge in [-0.2, -0.15) is 0 Å². The summed E-state index contributed by atoms with van der Waals surface area (Å²) in [5, 5.41) is 3.75. The van der Waals surface area contributed by atoms with Gasteiger partial charge < -0.3 is 4.84 Å². The molecule has 0 spiro atoms. The Labute approximate surface area is 72.8 Å². The average molecular weight is 169 g/mol. The summed E-state index contributed by atoms with van der Waals surface area (Å²) >= 11 is 0. The highest BCUT2D eigenvalue weighted by Crippen LogP contribution is 2.28. The van der Waals surface area contributed by atoms with Crippen molar-refractivity contribution in [3.8, 4) is 0 Å². The molecule has 0 N–H and O–H groups in total. The molecular formula is C9H15NO2. The van der Waals surface area contributed by atoms with Gasteiger partial charge in [0.05, 0.1) is 0 Å². The molecule has 0 radical (unpaired) electrons. The van der Waals surface area contributed by atoms with Crippen molar-refractivity contribution in [2.24, 2.45) is 10.6 Å². The molecule has 1 heterocycles. The molecule has 0 aliphatic carbocycles. The van der Waals surface area contributed by atoms with E-state index in [1.165, 1.54) is 6.92 Å². The molecule has 1 atom stereocenters. The van der Waals surface area contributed by atoms with Crippen LogP contribution in [0, 0.1) is 5.41 Å². The zero-order valence-electron chi connectivity index (χ0n) is 8.05. The predicted octanol–water partition coefficient (Wildman–Crippen LogP) is 1.77. The topological polar surface area (TPSA) is 38.7 Å². The lowest BCUT2D eigenvalue weighted by Crippen LogP contribution is -2.27. The smallest absolute Gasteiger partial charge is 0.177 e. The molecule has 0 aromatic heterocycles. The Morgan fingerprint density at radius 3 is 2.42 bits per heavy atom. The maximum absolute atomic E-state index is 10.9. The maximum atomic E-state index is 10.9. The van der Waals surface area contributed by atoms with Crippen molar-refractivity contribution in [2.45, 2.75) is 40.2 Å². The highest BCUT2D eigenvalue weighted by Gasteiger charge is 2.33. The third-order valence-corrected chi connectivity index (χ3v) is 2.04. The zero-order chi connectivity index (χ0) is 9.35. The van der Waals surface area contributed by atoms with Crippen LogP contribution in [0.5, 0.6) is 0 Å². The molecule has 1 unspecified atom stereocenters. The highest BCUT2D eigenvalue weighted by atomic mass is 16.6. The summed E-state index contributed by atoms with van der Waals surface area (Å²) < 4.78 is 0. The van der Waals surface area contributed by atoms with Gasteiger partial charge in [-0.1, -0.05) is 25.9 Å². The fraction of sp³-hybridized carbons (Fsp3) is 0.778. The van der Waals surface area contributed by atoms with Crippen LogP contribution in [0.1, 0.15) is 34.1 Å². The van der Waals surface area contributed by atoms with Gasteiger partial charge in [-0.25, -0.2) is 0 Å². The number of carbonyl (C=O) groups is 1. The average Bonchev–Trinajstić information content (AvgIpc) is 2.30. The minimum absolute atomic E-state index is 0.0155. The summed E-state index contributed by atoms with van der Waals surface area (Å²) in [7, 11) is 0. The number of hydrogen-bond donors (Lipinski definition) is 0. The number of ketones is 1. The molecule has 68 valence electrons. The Balaban J connectivity index is 2.59. The number of hydrogen-bond acceptors (Lipinski definition) is 3. The molecule has 12 heavy (non-hydrogen) atoms. The SMILES string of the molecule is CC(=O)C1=NOC(C(C)(C)C)C1. The van der Waals surface area contributed by atoms with E-state index in [1.807, 2.05) is 0 Å². The van der Waals surface area contributed by atoms with Crippen LogP contribution in [0.25, 0.3) is 0 Å². The molecule has 0 aromatic rings. The lowest BCUT2D eigenvalue weighted by molar-refractivity contribution is -0.111. The first-order valence-electron chi connectivity index (χ1n) is 4.15. The van der Waals surface area contributed by atoms with E-state index in [2.05, 4.69) is 25.9 Å². The van der Waals surface area contributed by atoms with E-state index in [4.69, 9.17) is 4.84 Å². The molecule has 1 aliphatic heterocycles. The van der Waals surface area contributed by atoms with Crippen LogP contribution in [0.3, 0.4) is 0 Å². The molecule has 0 saturated heterocycles. The minimum atomic E-state index is 0.0155.